The van der Waals surface area contributed by atoms with Gasteiger partial charge in [0, 0.05) is 11.4 Å². The molecule has 146 valence electrons. The van der Waals surface area contributed by atoms with Crippen LogP contribution in [0.5, 0.6) is 0 Å². The van der Waals surface area contributed by atoms with Gasteiger partial charge in [0.25, 0.3) is 0 Å². The first kappa shape index (κ1) is 21.5. The second kappa shape index (κ2) is 9.92. The Bertz CT molecular complexity index is 837. The normalized spacial score (nSPS) is 12.7. The summed E-state index contributed by atoms with van der Waals surface area (Å²) in [5.41, 5.74) is 2.02. The molecule has 0 aliphatic rings. The molecule has 0 bridgehead atoms. The van der Waals surface area contributed by atoms with Crippen LogP contribution in [-0.4, -0.2) is 44.2 Å². The zero-order chi connectivity index (χ0) is 19.9. The van der Waals surface area contributed by atoms with E-state index in [0.717, 1.165) is 22.3 Å². The Hall–Kier alpha value is -1.83. The number of hydrogen-bond donors (Lipinski definition) is 1. The van der Waals surface area contributed by atoms with Gasteiger partial charge in [0.05, 0.1) is 18.8 Å². The van der Waals surface area contributed by atoms with E-state index in [2.05, 4.69) is 5.32 Å². The lowest BCUT2D eigenvalue weighted by Crippen LogP contribution is -2.41. The molecule has 1 amide bonds. The van der Waals surface area contributed by atoms with Crippen LogP contribution in [0.3, 0.4) is 0 Å². The maximum Gasteiger partial charge on any atom is 0.235 e. The minimum atomic E-state index is -3.47. The fourth-order valence-electron chi connectivity index (χ4n) is 2.68. The first-order valence-corrected chi connectivity index (χ1v) is 11.8. The molecule has 0 saturated heterocycles. The van der Waals surface area contributed by atoms with E-state index >= 15 is 0 Å². The number of benzene rings is 2. The van der Waals surface area contributed by atoms with E-state index in [0.29, 0.717) is 6.42 Å². The number of nitrogens with zero attached hydrogens (tertiary/aromatic N) is 1. The Morgan fingerprint density at radius 3 is 2.30 bits per heavy atom. The largest absolute Gasteiger partial charge is 0.348 e. The van der Waals surface area contributed by atoms with E-state index < -0.39 is 10.0 Å². The highest BCUT2D eigenvalue weighted by Crippen LogP contribution is 2.19. The van der Waals surface area contributed by atoms with Crippen molar-refractivity contribution in [3.05, 3.63) is 65.7 Å². The number of hydrogen-bond acceptors (Lipinski definition) is 4. The average molecular weight is 407 g/mol. The van der Waals surface area contributed by atoms with Crippen LogP contribution < -0.4 is 5.32 Å². The Labute approximate surface area is 166 Å². The van der Waals surface area contributed by atoms with Crippen molar-refractivity contribution >= 4 is 27.7 Å². The number of rotatable bonds is 9. The van der Waals surface area contributed by atoms with Crippen LogP contribution in [0.1, 0.15) is 24.1 Å². The number of amides is 1. The summed E-state index contributed by atoms with van der Waals surface area (Å²) in [7, 11) is -3.47. The molecule has 0 heterocycles. The monoisotopic (exact) mass is 406 g/mol. The zero-order valence-corrected chi connectivity index (χ0v) is 17.5. The molecule has 0 aliphatic carbocycles. The summed E-state index contributed by atoms with van der Waals surface area (Å²) >= 11 is 1.66. The maximum atomic E-state index is 12.4. The molecule has 0 fully saturated rings. The highest BCUT2D eigenvalue weighted by molar-refractivity contribution is 7.98. The van der Waals surface area contributed by atoms with Gasteiger partial charge in [-0.15, -0.1) is 11.8 Å². The van der Waals surface area contributed by atoms with Crippen molar-refractivity contribution < 1.29 is 13.2 Å². The van der Waals surface area contributed by atoms with Crippen LogP contribution in [0.4, 0.5) is 0 Å². The Kier molecular flexibility index (Phi) is 7.89. The summed E-state index contributed by atoms with van der Waals surface area (Å²) in [5.74, 6) is -0.310. The summed E-state index contributed by atoms with van der Waals surface area (Å²) in [6, 6.07) is 17.4. The lowest BCUT2D eigenvalue weighted by molar-refractivity contribution is -0.121. The first-order valence-electron chi connectivity index (χ1n) is 8.72. The van der Waals surface area contributed by atoms with Gasteiger partial charge in [-0.3, -0.25) is 4.79 Å². The van der Waals surface area contributed by atoms with Gasteiger partial charge in [0.15, 0.2) is 0 Å². The highest BCUT2D eigenvalue weighted by Gasteiger charge is 2.21. The average Bonchev–Trinajstić information content (AvgIpc) is 2.65. The van der Waals surface area contributed by atoms with E-state index in [1.807, 2.05) is 67.8 Å². The molecule has 2 aromatic rings. The van der Waals surface area contributed by atoms with Crippen molar-refractivity contribution in [3.63, 3.8) is 0 Å². The van der Waals surface area contributed by atoms with Crippen molar-refractivity contribution in [2.45, 2.75) is 24.3 Å². The number of carbonyl (C=O) groups excluding carboxylic acids is 1. The van der Waals surface area contributed by atoms with E-state index in [4.69, 9.17) is 0 Å². The second-order valence-corrected chi connectivity index (χ2v) is 9.26. The minimum Gasteiger partial charge on any atom is -0.348 e. The summed E-state index contributed by atoms with van der Waals surface area (Å²) < 4.78 is 25.3. The van der Waals surface area contributed by atoms with E-state index in [1.165, 1.54) is 4.31 Å². The van der Waals surface area contributed by atoms with Gasteiger partial charge in [0.2, 0.25) is 15.9 Å². The van der Waals surface area contributed by atoms with Crippen molar-refractivity contribution in [2.75, 3.05) is 25.6 Å². The highest BCUT2D eigenvalue weighted by atomic mass is 32.2. The van der Waals surface area contributed by atoms with Crippen molar-refractivity contribution in [1.29, 1.82) is 0 Å². The van der Waals surface area contributed by atoms with Crippen molar-refractivity contribution in [2.24, 2.45) is 0 Å². The number of nitrogens with one attached hydrogen (secondary N) is 1. The lowest BCUT2D eigenvalue weighted by atomic mass is 10.1. The summed E-state index contributed by atoms with van der Waals surface area (Å²) in [4.78, 5) is 13.6. The van der Waals surface area contributed by atoms with Crippen LogP contribution >= 0.6 is 11.8 Å². The maximum absolute atomic E-state index is 12.4. The van der Waals surface area contributed by atoms with Crippen LogP contribution in [-0.2, 0) is 21.2 Å². The Balaban J connectivity index is 1.96. The van der Waals surface area contributed by atoms with Gasteiger partial charge in [0.1, 0.15) is 0 Å². The van der Waals surface area contributed by atoms with E-state index in [-0.39, 0.29) is 25.0 Å². The molecule has 1 atom stereocenters. The first-order chi connectivity index (χ1) is 12.8. The molecular formula is C20H26N2O3S2. The number of sulfonamides is 1. The van der Waals surface area contributed by atoms with Gasteiger partial charge in [-0.05, 0) is 42.9 Å². The molecule has 5 nitrogen and oxygen atoms in total. The molecule has 27 heavy (non-hydrogen) atoms. The molecular weight excluding hydrogens is 380 g/mol. The van der Waals surface area contributed by atoms with Crippen LogP contribution in [0, 0.1) is 0 Å². The van der Waals surface area contributed by atoms with Crippen LogP contribution in [0.25, 0.3) is 0 Å². The van der Waals surface area contributed by atoms with Crippen molar-refractivity contribution in [3.8, 4) is 0 Å². The molecule has 7 heteroatoms. The molecule has 0 spiro atoms. The summed E-state index contributed by atoms with van der Waals surface area (Å²) in [6.45, 7) is 1.98. The fourth-order valence-corrected chi connectivity index (χ4v) is 3.87. The van der Waals surface area contributed by atoms with E-state index in [1.54, 1.807) is 11.8 Å². The second-order valence-electron chi connectivity index (χ2n) is 6.39. The van der Waals surface area contributed by atoms with Gasteiger partial charge in [-0.25, -0.2) is 8.42 Å². The summed E-state index contributed by atoms with van der Waals surface area (Å²) in [5, 5.41) is 2.88. The quantitative estimate of drug-likeness (QED) is 0.650. The molecule has 1 N–H and O–H groups in total. The number of thioether (sulfide) groups is 1. The molecule has 0 unspecified atom stereocenters. The molecule has 0 aliphatic heterocycles. The molecule has 0 saturated carbocycles. The van der Waals surface area contributed by atoms with Gasteiger partial charge in [-0.1, -0.05) is 42.5 Å². The third kappa shape index (κ3) is 7.01. The lowest BCUT2D eigenvalue weighted by Gasteiger charge is -2.21. The molecule has 2 rings (SSSR count). The molecule has 2 aromatic carbocycles. The third-order valence-electron chi connectivity index (χ3n) is 4.27. The van der Waals surface area contributed by atoms with Crippen LogP contribution in [0.15, 0.2) is 59.5 Å². The topological polar surface area (TPSA) is 66.5 Å². The summed E-state index contributed by atoms with van der Waals surface area (Å²) in [6.07, 6.45) is 3.71. The van der Waals surface area contributed by atoms with Gasteiger partial charge < -0.3 is 5.32 Å². The SMILES string of the molecule is CSc1ccc([C@@H](C)NC(=O)CN(CCc2ccccc2)S(C)(=O)=O)cc1. The van der Waals surface area contributed by atoms with Crippen LogP contribution in [0.2, 0.25) is 0 Å². The zero-order valence-electron chi connectivity index (χ0n) is 15.9. The van der Waals surface area contributed by atoms with Crippen molar-refractivity contribution in [1.82, 2.24) is 9.62 Å². The molecule has 0 radical (unpaired) electrons. The Morgan fingerprint density at radius 2 is 1.74 bits per heavy atom. The Morgan fingerprint density at radius 1 is 1.11 bits per heavy atom. The fraction of sp³-hybridized carbons (Fsp3) is 0.350. The minimum absolute atomic E-state index is 0.182. The van der Waals surface area contributed by atoms with E-state index in [9.17, 15) is 13.2 Å². The van der Waals surface area contributed by atoms with Gasteiger partial charge in [-0.2, -0.15) is 4.31 Å². The standard InChI is InChI=1S/C20H26N2O3S2/c1-16(18-9-11-19(26-2)12-10-18)21-20(23)15-22(27(3,24)25)14-13-17-7-5-4-6-8-17/h4-12,16H,13-15H2,1-3H3,(H,21,23)/t16-/m1/s1. The smallest absolute Gasteiger partial charge is 0.235 e. The predicted octanol–water partition coefficient (Wildman–Crippen LogP) is 3.09. The number of carbonyl (C=O) groups is 1. The third-order valence-corrected chi connectivity index (χ3v) is 6.27. The predicted molar refractivity (Wildman–Crippen MR) is 111 cm³/mol. The molecule has 0 aromatic heterocycles. The van der Waals surface area contributed by atoms with Gasteiger partial charge >= 0.3 is 0 Å².